The number of esters is 1. The highest BCUT2D eigenvalue weighted by atomic mass is 16.5. The lowest BCUT2D eigenvalue weighted by molar-refractivity contribution is -0.147. The van der Waals surface area contributed by atoms with Crippen molar-refractivity contribution >= 4 is 29.2 Å². The minimum absolute atomic E-state index is 0.00439. The molecule has 6 heteroatoms. The quantitative estimate of drug-likeness (QED) is 0.681. The molecule has 0 unspecified atom stereocenters. The Bertz CT molecular complexity index is 861. The monoisotopic (exact) mass is 382 g/mol. The summed E-state index contributed by atoms with van der Waals surface area (Å²) in [7, 11) is 0. The molecule has 0 aliphatic carbocycles. The Labute approximate surface area is 165 Å². The maximum absolute atomic E-state index is 12.0. The summed E-state index contributed by atoms with van der Waals surface area (Å²) in [5.41, 5.74) is 4.49. The van der Waals surface area contributed by atoms with E-state index in [-0.39, 0.29) is 25.4 Å². The first-order valence-electron chi connectivity index (χ1n) is 9.29. The van der Waals surface area contributed by atoms with Crippen molar-refractivity contribution in [2.45, 2.75) is 40.0 Å². The minimum Gasteiger partial charge on any atom is -0.456 e. The van der Waals surface area contributed by atoms with Crippen molar-refractivity contribution in [2.24, 2.45) is 0 Å². The maximum atomic E-state index is 12.0. The highest BCUT2D eigenvalue weighted by molar-refractivity contribution is 5.95. The lowest BCUT2D eigenvalue weighted by Gasteiger charge is -2.10. The van der Waals surface area contributed by atoms with E-state index >= 15 is 0 Å². The number of rotatable bonds is 8. The summed E-state index contributed by atoms with van der Waals surface area (Å²) in [6.45, 7) is 5.49. The molecule has 2 N–H and O–H groups in total. The molecule has 0 radical (unpaired) electrons. The standard InChI is InChI=1S/C22H26N2O4/c1-4-17-7-5-6-8-19(17)24-20(25)11-12-22(27)28-14-21(26)23-18-10-9-15(2)13-16(18)3/h5-10,13H,4,11-12,14H2,1-3H3,(H,23,26)(H,24,25). The average molecular weight is 382 g/mol. The molecule has 6 nitrogen and oxygen atoms in total. The van der Waals surface area contributed by atoms with Crippen LogP contribution in [-0.2, 0) is 25.5 Å². The third-order valence-corrected chi connectivity index (χ3v) is 4.25. The number of carbonyl (C=O) groups excluding carboxylic acids is 3. The lowest BCUT2D eigenvalue weighted by atomic mass is 10.1. The fraction of sp³-hybridized carbons (Fsp3) is 0.318. The van der Waals surface area contributed by atoms with Gasteiger partial charge >= 0.3 is 5.97 Å². The number of benzene rings is 2. The molecule has 0 aliphatic rings. The van der Waals surface area contributed by atoms with Crippen molar-refractivity contribution < 1.29 is 19.1 Å². The van der Waals surface area contributed by atoms with Crippen LogP contribution in [0.3, 0.4) is 0 Å². The molecule has 0 fully saturated rings. The van der Waals surface area contributed by atoms with Crippen LogP contribution in [0.25, 0.3) is 0 Å². The molecule has 0 saturated carbocycles. The number of amides is 2. The topological polar surface area (TPSA) is 84.5 Å². The molecule has 2 rings (SSSR count). The van der Waals surface area contributed by atoms with Crippen LogP contribution in [0.1, 0.15) is 36.5 Å². The van der Waals surface area contributed by atoms with Crippen LogP contribution in [0, 0.1) is 13.8 Å². The van der Waals surface area contributed by atoms with Gasteiger partial charge in [0.15, 0.2) is 6.61 Å². The van der Waals surface area contributed by atoms with Crippen molar-refractivity contribution in [1.82, 2.24) is 0 Å². The summed E-state index contributed by atoms with van der Waals surface area (Å²) in [6.07, 6.45) is 0.709. The van der Waals surface area contributed by atoms with E-state index < -0.39 is 11.9 Å². The molecule has 2 amide bonds. The Balaban J connectivity index is 1.73. The number of carbonyl (C=O) groups is 3. The zero-order valence-corrected chi connectivity index (χ0v) is 16.5. The van der Waals surface area contributed by atoms with E-state index in [0.29, 0.717) is 5.69 Å². The molecular weight excluding hydrogens is 356 g/mol. The van der Waals surface area contributed by atoms with E-state index in [1.807, 2.05) is 63.2 Å². The van der Waals surface area contributed by atoms with Gasteiger partial charge in [-0.2, -0.15) is 0 Å². The van der Waals surface area contributed by atoms with Gasteiger partial charge < -0.3 is 15.4 Å². The Morgan fingerprint density at radius 2 is 1.61 bits per heavy atom. The van der Waals surface area contributed by atoms with Gasteiger partial charge in [-0.3, -0.25) is 14.4 Å². The molecule has 28 heavy (non-hydrogen) atoms. The predicted octanol–water partition coefficient (Wildman–Crippen LogP) is 3.77. The second-order valence-corrected chi connectivity index (χ2v) is 6.59. The number of nitrogens with one attached hydrogen (secondary N) is 2. The summed E-state index contributed by atoms with van der Waals surface area (Å²) in [6, 6.07) is 13.2. The summed E-state index contributed by atoms with van der Waals surface area (Å²) < 4.78 is 4.95. The molecule has 0 bridgehead atoms. The van der Waals surface area contributed by atoms with Gasteiger partial charge in [0.25, 0.3) is 5.91 Å². The molecule has 0 aromatic heterocycles. The molecule has 0 saturated heterocycles. The van der Waals surface area contributed by atoms with Gasteiger partial charge in [0.2, 0.25) is 5.91 Å². The second-order valence-electron chi connectivity index (χ2n) is 6.59. The number of hydrogen-bond acceptors (Lipinski definition) is 4. The van der Waals surface area contributed by atoms with Crippen molar-refractivity contribution in [3.05, 3.63) is 59.2 Å². The summed E-state index contributed by atoms with van der Waals surface area (Å²) in [5.74, 6) is -1.27. The predicted molar refractivity (Wildman–Crippen MR) is 109 cm³/mol. The molecule has 0 atom stereocenters. The number of para-hydroxylation sites is 1. The van der Waals surface area contributed by atoms with Crippen molar-refractivity contribution in [1.29, 1.82) is 0 Å². The van der Waals surface area contributed by atoms with Gasteiger partial charge in [-0.05, 0) is 43.5 Å². The molecule has 0 spiro atoms. The Kier molecular flexibility index (Phi) is 7.75. The van der Waals surface area contributed by atoms with E-state index in [0.717, 1.165) is 28.8 Å². The fourth-order valence-corrected chi connectivity index (χ4v) is 2.74. The van der Waals surface area contributed by atoms with Gasteiger partial charge in [0, 0.05) is 17.8 Å². The first-order chi connectivity index (χ1) is 13.4. The van der Waals surface area contributed by atoms with Crippen LogP contribution in [0.4, 0.5) is 11.4 Å². The SMILES string of the molecule is CCc1ccccc1NC(=O)CCC(=O)OCC(=O)Nc1ccc(C)cc1C. The molecule has 2 aromatic carbocycles. The van der Waals surface area contributed by atoms with Gasteiger partial charge in [-0.1, -0.05) is 42.8 Å². The fourth-order valence-electron chi connectivity index (χ4n) is 2.74. The van der Waals surface area contributed by atoms with Gasteiger partial charge in [-0.25, -0.2) is 0 Å². The number of hydrogen-bond donors (Lipinski definition) is 2. The molecular formula is C22H26N2O4. The molecule has 0 aliphatic heterocycles. The van der Waals surface area contributed by atoms with Gasteiger partial charge in [0.05, 0.1) is 6.42 Å². The van der Waals surface area contributed by atoms with E-state index in [1.54, 1.807) is 0 Å². The Hall–Kier alpha value is -3.15. The Morgan fingerprint density at radius 1 is 0.893 bits per heavy atom. The number of anilines is 2. The second kappa shape index (κ2) is 10.3. The lowest BCUT2D eigenvalue weighted by Crippen LogP contribution is -2.22. The smallest absolute Gasteiger partial charge is 0.306 e. The number of ether oxygens (including phenoxy) is 1. The summed E-state index contributed by atoms with van der Waals surface area (Å²) in [5, 5.41) is 5.51. The van der Waals surface area contributed by atoms with Crippen LogP contribution >= 0.6 is 0 Å². The van der Waals surface area contributed by atoms with Crippen LogP contribution in [0.15, 0.2) is 42.5 Å². The van der Waals surface area contributed by atoms with Crippen LogP contribution < -0.4 is 10.6 Å². The molecule has 148 valence electrons. The third kappa shape index (κ3) is 6.54. The zero-order valence-electron chi connectivity index (χ0n) is 16.5. The van der Waals surface area contributed by atoms with Crippen LogP contribution in [0.5, 0.6) is 0 Å². The van der Waals surface area contributed by atoms with Crippen molar-refractivity contribution in [3.63, 3.8) is 0 Å². The van der Waals surface area contributed by atoms with Gasteiger partial charge in [0.1, 0.15) is 0 Å². The third-order valence-electron chi connectivity index (χ3n) is 4.25. The number of aryl methyl sites for hydroxylation is 3. The average Bonchev–Trinajstić information content (AvgIpc) is 2.67. The van der Waals surface area contributed by atoms with E-state index in [2.05, 4.69) is 10.6 Å². The van der Waals surface area contributed by atoms with E-state index in [4.69, 9.17) is 4.74 Å². The molecule has 2 aromatic rings. The maximum Gasteiger partial charge on any atom is 0.306 e. The van der Waals surface area contributed by atoms with E-state index in [1.165, 1.54) is 0 Å². The molecule has 0 heterocycles. The van der Waals surface area contributed by atoms with Gasteiger partial charge in [-0.15, -0.1) is 0 Å². The largest absolute Gasteiger partial charge is 0.456 e. The summed E-state index contributed by atoms with van der Waals surface area (Å²) in [4.78, 5) is 35.8. The highest BCUT2D eigenvalue weighted by Gasteiger charge is 2.12. The van der Waals surface area contributed by atoms with Crippen LogP contribution in [-0.4, -0.2) is 24.4 Å². The normalized spacial score (nSPS) is 10.2. The van der Waals surface area contributed by atoms with Crippen molar-refractivity contribution in [2.75, 3.05) is 17.2 Å². The summed E-state index contributed by atoms with van der Waals surface area (Å²) >= 11 is 0. The first-order valence-corrected chi connectivity index (χ1v) is 9.29. The minimum atomic E-state index is -0.588. The highest BCUT2D eigenvalue weighted by Crippen LogP contribution is 2.17. The van der Waals surface area contributed by atoms with E-state index in [9.17, 15) is 14.4 Å². The first kappa shape index (κ1) is 21.2. The van der Waals surface area contributed by atoms with Crippen LogP contribution in [0.2, 0.25) is 0 Å². The van der Waals surface area contributed by atoms with Crippen molar-refractivity contribution in [3.8, 4) is 0 Å². The Morgan fingerprint density at radius 3 is 2.32 bits per heavy atom. The zero-order chi connectivity index (χ0) is 20.5.